The van der Waals surface area contributed by atoms with Gasteiger partial charge in [-0.3, -0.25) is 0 Å². The molecule has 3 rings (SSSR count). The van der Waals surface area contributed by atoms with E-state index in [0.717, 1.165) is 18.4 Å². The molecule has 0 radical (unpaired) electrons. The lowest BCUT2D eigenvalue weighted by molar-refractivity contribution is 0.312. The van der Waals surface area contributed by atoms with Gasteiger partial charge in [-0.05, 0) is 55.7 Å². The van der Waals surface area contributed by atoms with Gasteiger partial charge in [0, 0.05) is 11.7 Å². The maximum absolute atomic E-state index is 5.92. The molecule has 1 aromatic rings. The Kier molecular flexibility index (Phi) is 2.60. The van der Waals surface area contributed by atoms with Gasteiger partial charge in [0.15, 0.2) is 0 Å². The summed E-state index contributed by atoms with van der Waals surface area (Å²) in [4.78, 5) is 0. The Morgan fingerprint density at radius 3 is 2.62 bits per heavy atom. The van der Waals surface area contributed by atoms with Crippen molar-refractivity contribution in [3.8, 4) is 0 Å². The van der Waals surface area contributed by atoms with Crippen LogP contribution in [0.5, 0.6) is 0 Å². The van der Waals surface area contributed by atoms with E-state index in [9.17, 15) is 0 Å². The minimum atomic E-state index is 0.617. The average molecular weight is 216 g/mol. The van der Waals surface area contributed by atoms with Crippen molar-refractivity contribution >= 4 is 5.69 Å². The molecule has 4 atom stereocenters. The summed E-state index contributed by atoms with van der Waals surface area (Å²) in [7, 11) is 0. The first-order chi connectivity index (χ1) is 7.88. The number of nitrogens with two attached hydrogens (primary N) is 1. The molecule has 2 saturated carbocycles. The zero-order valence-corrected chi connectivity index (χ0v) is 9.60. The van der Waals surface area contributed by atoms with Crippen LogP contribution < -0.4 is 11.1 Å². The van der Waals surface area contributed by atoms with E-state index >= 15 is 0 Å². The summed E-state index contributed by atoms with van der Waals surface area (Å²) < 4.78 is 0. The molecule has 0 amide bonds. The fourth-order valence-corrected chi connectivity index (χ4v) is 3.70. The molecule has 0 heterocycles. The van der Waals surface area contributed by atoms with Crippen LogP contribution >= 0.6 is 0 Å². The van der Waals surface area contributed by atoms with E-state index in [2.05, 4.69) is 35.6 Å². The smallest absolute Gasteiger partial charge is 0.0342 e. The second kappa shape index (κ2) is 4.10. The predicted molar refractivity (Wildman–Crippen MR) is 67.2 cm³/mol. The zero-order chi connectivity index (χ0) is 11.0. The number of hydrogen-bond acceptors (Lipinski definition) is 2. The fourth-order valence-electron chi connectivity index (χ4n) is 3.70. The van der Waals surface area contributed by atoms with Gasteiger partial charge in [0.2, 0.25) is 0 Å². The van der Waals surface area contributed by atoms with Gasteiger partial charge in [0.05, 0.1) is 0 Å². The second-order valence-corrected chi connectivity index (χ2v) is 5.27. The molecule has 2 heteroatoms. The van der Waals surface area contributed by atoms with E-state index in [1.54, 1.807) is 0 Å². The molecule has 2 nitrogen and oxygen atoms in total. The SMILES string of the molecule is NCC1C2CCC(C2)C1Nc1ccccc1. The summed E-state index contributed by atoms with van der Waals surface area (Å²) in [6.07, 6.45) is 4.19. The molecular formula is C14H20N2. The second-order valence-electron chi connectivity index (χ2n) is 5.27. The Labute approximate surface area is 97.2 Å². The standard InChI is InChI=1S/C14H20N2/c15-9-13-10-6-7-11(8-10)14(13)16-12-4-2-1-3-5-12/h1-5,10-11,13-14,16H,6-9,15H2. The molecular weight excluding hydrogens is 196 g/mol. The highest BCUT2D eigenvalue weighted by Crippen LogP contribution is 2.49. The number of nitrogens with one attached hydrogen (secondary N) is 1. The Hall–Kier alpha value is -1.02. The molecule has 2 aliphatic rings. The van der Waals surface area contributed by atoms with Gasteiger partial charge in [-0.1, -0.05) is 18.2 Å². The van der Waals surface area contributed by atoms with Crippen molar-refractivity contribution in [1.82, 2.24) is 0 Å². The summed E-state index contributed by atoms with van der Waals surface area (Å²) in [5.41, 5.74) is 7.17. The van der Waals surface area contributed by atoms with Crippen molar-refractivity contribution < 1.29 is 0 Å². The number of anilines is 1. The minimum absolute atomic E-state index is 0.617. The van der Waals surface area contributed by atoms with Crippen molar-refractivity contribution in [2.24, 2.45) is 23.5 Å². The van der Waals surface area contributed by atoms with E-state index in [4.69, 9.17) is 5.73 Å². The van der Waals surface area contributed by atoms with Crippen LogP contribution in [0.25, 0.3) is 0 Å². The highest BCUT2D eigenvalue weighted by Gasteiger charge is 2.46. The van der Waals surface area contributed by atoms with Crippen LogP contribution in [-0.4, -0.2) is 12.6 Å². The van der Waals surface area contributed by atoms with E-state index < -0.39 is 0 Å². The van der Waals surface area contributed by atoms with E-state index in [1.807, 2.05) is 0 Å². The number of fused-ring (bicyclic) bond motifs is 2. The van der Waals surface area contributed by atoms with Gasteiger partial charge in [0.25, 0.3) is 0 Å². The Balaban J connectivity index is 1.75. The zero-order valence-electron chi connectivity index (χ0n) is 9.60. The highest BCUT2D eigenvalue weighted by atomic mass is 15.0. The number of para-hydroxylation sites is 1. The van der Waals surface area contributed by atoms with Crippen LogP contribution in [-0.2, 0) is 0 Å². The first kappa shape index (κ1) is 10.2. The molecule has 0 spiro atoms. The van der Waals surface area contributed by atoms with E-state index in [-0.39, 0.29) is 0 Å². The van der Waals surface area contributed by atoms with Crippen LogP contribution in [0, 0.1) is 17.8 Å². The lowest BCUT2D eigenvalue weighted by Crippen LogP contribution is -2.38. The lowest BCUT2D eigenvalue weighted by atomic mass is 9.84. The molecule has 1 aromatic carbocycles. The fraction of sp³-hybridized carbons (Fsp3) is 0.571. The number of hydrogen-bond donors (Lipinski definition) is 2. The van der Waals surface area contributed by atoms with Gasteiger partial charge in [-0.2, -0.15) is 0 Å². The molecule has 2 bridgehead atoms. The maximum atomic E-state index is 5.92. The lowest BCUT2D eigenvalue weighted by Gasteiger charge is -2.31. The van der Waals surface area contributed by atoms with Gasteiger partial charge < -0.3 is 11.1 Å². The van der Waals surface area contributed by atoms with Crippen LogP contribution in [0.3, 0.4) is 0 Å². The van der Waals surface area contributed by atoms with Crippen molar-refractivity contribution in [2.75, 3.05) is 11.9 Å². The van der Waals surface area contributed by atoms with Crippen molar-refractivity contribution in [3.63, 3.8) is 0 Å². The molecule has 2 fully saturated rings. The molecule has 16 heavy (non-hydrogen) atoms. The monoisotopic (exact) mass is 216 g/mol. The summed E-state index contributed by atoms with van der Waals surface area (Å²) in [6, 6.07) is 11.2. The third-order valence-corrected chi connectivity index (χ3v) is 4.47. The van der Waals surface area contributed by atoms with Crippen molar-refractivity contribution in [2.45, 2.75) is 25.3 Å². The topological polar surface area (TPSA) is 38.0 Å². The van der Waals surface area contributed by atoms with Crippen molar-refractivity contribution in [3.05, 3.63) is 30.3 Å². The molecule has 86 valence electrons. The summed E-state index contributed by atoms with van der Waals surface area (Å²) in [5, 5.41) is 3.69. The molecule has 0 aliphatic heterocycles. The molecule has 0 aromatic heterocycles. The Morgan fingerprint density at radius 2 is 1.88 bits per heavy atom. The van der Waals surface area contributed by atoms with Gasteiger partial charge in [-0.15, -0.1) is 0 Å². The molecule has 4 unspecified atom stereocenters. The average Bonchev–Trinajstić information content (AvgIpc) is 2.91. The maximum Gasteiger partial charge on any atom is 0.0342 e. The number of benzene rings is 1. The predicted octanol–water partition coefficient (Wildman–Crippen LogP) is 2.47. The molecule has 3 N–H and O–H groups in total. The first-order valence-corrected chi connectivity index (χ1v) is 6.40. The summed E-state index contributed by atoms with van der Waals surface area (Å²) in [6.45, 7) is 0.839. The van der Waals surface area contributed by atoms with Crippen LogP contribution in [0.4, 0.5) is 5.69 Å². The van der Waals surface area contributed by atoms with Gasteiger partial charge in [-0.25, -0.2) is 0 Å². The summed E-state index contributed by atoms with van der Waals surface area (Å²) in [5.74, 6) is 2.44. The van der Waals surface area contributed by atoms with Crippen LogP contribution in [0.15, 0.2) is 30.3 Å². The largest absolute Gasteiger partial charge is 0.382 e. The van der Waals surface area contributed by atoms with Crippen LogP contribution in [0.2, 0.25) is 0 Å². The third-order valence-electron chi connectivity index (χ3n) is 4.47. The summed E-state index contributed by atoms with van der Waals surface area (Å²) >= 11 is 0. The van der Waals surface area contributed by atoms with E-state index in [1.165, 1.54) is 24.9 Å². The first-order valence-electron chi connectivity index (χ1n) is 6.40. The molecule has 0 saturated heterocycles. The molecule has 2 aliphatic carbocycles. The van der Waals surface area contributed by atoms with Gasteiger partial charge >= 0.3 is 0 Å². The van der Waals surface area contributed by atoms with E-state index in [0.29, 0.717) is 12.0 Å². The van der Waals surface area contributed by atoms with Crippen molar-refractivity contribution in [1.29, 1.82) is 0 Å². The Bertz CT molecular complexity index is 349. The normalized spacial score (nSPS) is 36.6. The van der Waals surface area contributed by atoms with Gasteiger partial charge in [0.1, 0.15) is 0 Å². The number of rotatable bonds is 3. The highest BCUT2D eigenvalue weighted by molar-refractivity contribution is 5.44. The third kappa shape index (κ3) is 1.61. The Morgan fingerprint density at radius 1 is 1.12 bits per heavy atom. The van der Waals surface area contributed by atoms with Crippen LogP contribution in [0.1, 0.15) is 19.3 Å². The quantitative estimate of drug-likeness (QED) is 0.814. The minimum Gasteiger partial charge on any atom is -0.382 e.